The smallest absolute Gasteiger partial charge is 0.162 e. The van der Waals surface area contributed by atoms with Crippen LogP contribution in [0.5, 0.6) is 0 Å². The van der Waals surface area contributed by atoms with Crippen LogP contribution < -0.4 is 10.6 Å². The number of rotatable bonds is 2. The second-order valence-corrected chi connectivity index (χ2v) is 5.03. The quantitative estimate of drug-likeness (QED) is 0.645. The van der Waals surface area contributed by atoms with Gasteiger partial charge in [0.25, 0.3) is 0 Å². The summed E-state index contributed by atoms with van der Waals surface area (Å²) in [5.41, 5.74) is 9.78. The summed E-state index contributed by atoms with van der Waals surface area (Å²) in [6, 6.07) is 6.43. The Morgan fingerprint density at radius 2 is 2.10 bits per heavy atom. The Morgan fingerprint density at radius 3 is 2.90 bits per heavy atom. The van der Waals surface area contributed by atoms with Crippen molar-refractivity contribution in [3.05, 3.63) is 47.4 Å². The number of aryl methyl sites for hydroxylation is 2. The number of nitrogen functional groups attached to an aromatic ring is 1. The number of nitrogens with one attached hydrogen (secondary N) is 1. The largest absolute Gasteiger partial charge is 0.382 e. The molecule has 5 nitrogen and oxygen atoms in total. The molecule has 0 bridgehead atoms. The van der Waals surface area contributed by atoms with E-state index in [4.69, 9.17) is 11.1 Å². The van der Waals surface area contributed by atoms with Crippen LogP contribution in [0.15, 0.2) is 30.6 Å². The number of amidine groups is 1. The number of nitrogens with two attached hydrogens (primary N) is 1. The maximum atomic E-state index is 7.66. The lowest BCUT2D eigenvalue weighted by atomic mass is 9.99. The minimum Gasteiger partial charge on any atom is -0.382 e. The van der Waals surface area contributed by atoms with Gasteiger partial charge in [0.05, 0.1) is 0 Å². The van der Waals surface area contributed by atoms with E-state index in [0.717, 1.165) is 25.1 Å². The van der Waals surface area contributed by atoms with E-state index >= 15 is 0 Å². The first-order valence-electron chi connectivity index (χ1n) is 6.69. The average Bonchev–Trinajstić information content (AvgIpc) is 2.46. The van der Waals surface area contributed by atoms with Crippen molar-refractivity contribution >= 4 is 17.3 Å². The topological polar surface area (TPSA) is 78.9 Å². The third-order valence-electron chi connectivity index (χ3n) is 3.54. The van der Waals surface area contributed by atoms with E-state index in [1.165, 1.54) is 11.1 Å². The summed E-state index contributed by atoms with van der Waals surface area (Å²) in [6.45, 7) is 2.97. The fourth-order valence-electron chi connectivity index (χ4n) is 2.66. The number of anilines is 2. The van der Waals surface area contributed by atoms with Crippen LogP contribution >= 0.6 is 0 Å². The third kappa shape index (κ3) is 2.11. The summed E-state index contributed by atoms with van der Waals surface area (Å²) in [7, 11) is 0. The highest BCUT2D eigenvalue weighted by Gasteiger charge is 2.22. The van der Waals surface area contributed by atoms with Gasteiger partial charge in [-0.3, -0.25) is 5.41 Å². The van der Waals surface area contributed by atoms with Gasteiger partial charge in [-0.25, -0.2) is 9.97 Å². The average molecular weight is 267 g/mol. The SMILES string of the molecule is Cc1ccc2c(c1)CCCN2c1nccnc1C(=N)N. The molecule has 1 aromatic heterocycles. The van der Waals surface area contributed by atoms with Gasteiger partial charge < -0.3 is 10.6 Å². The Bertz CT molecular complexity index is 665. The molecule has 102 valence electrons. The summed E-state index contributed by atoms with van der Waals surface area (Å²) >= 11 is 0. The minimum absolute atomic E-state index is 0.0488. The molecule has 3 N–H and O–H groups in total. The van der Waals surface area contributed by atoms with Crippen molar-refractivity contribution < 1.29 is 0 Å². The zero-order valence-corrected chi connectivity index (χ0v) is 11.4. The van der Waals surface area contributed by atoms with E-state index in [1.54, 1.807) is 12.4 Å². The number of benzene rings is 1. The summed E-state index contributed by atoms with van der Waals surface area (Å²) in [5, 5.41) is 7.66. The van der Waals surface area contributed by atoms with Crippen molar-refractivity contribution in [2.45, 2.75) is 19.8 Å². The number of hydrogen-bond acceptors (Lipinski definition) is 4. The number of nitrogens with zero attached hydrogens (tertiary/aromatic N) is 3. The third-order valence-corrected chi connectivity index (χ3v) is 3.54. The fourth-order valence-corrected chi connectivity index (χ4v) is 2.66. The zero-order chi connectivity index (χ0) is 14.1. The second kappa shape index (κ2) is 4.92. The lowest BCUT2D eigenvalue weighted by Crippen LogP contribution is -2.29. The molecule has 2 aromatic rings. The second-order valence-electron chi connectivity index (χ2n) is 5.03. The summed E-state index contributed by atoms with van der Waals surface area (Å²) in [6.07, 6.45) is 5.35. The van der Waals surface area contributed by atoms with Crippen molar-refractivity contribution in [1.82, 2.24) is 9.97 Å². The number of hydrogen-bond donors (Lipinski definition) is 2. The molecule has 0 fully saturated rings. The summed E-state index contributed by atoms with van der Waals surface area (Å²) in [5.74, 6) is 0.622. The van der Waals surface area contributed by atoms with Gasteiger partial charge in [0.15, 0.2) is 5.82 Å². The van der Waals surface area contributed by atoms with Crippen LogP contribution in [0, 0.1) is 12.3 Å². The molecule has 0 spiro atoms. The standard InChI is InChI=1S/C15H17N5/c1-10-4-5-12-11(9-10)3-2-8-20(12)15-13(14(16)17)18-6-7-19-15/h4-7,9H,2-3,8H2,1H3,(H3,16,17). The van der Waals surface area contributed by atoms with Gasteiger partial charge in [-0.2, -0.15) is 0 Å². The molecule has 3 rings (SSSR count). The van der Waals surface area contributed by atoms with E-state index < -0.39 is 0 Å². The van der Waals surface area contributed by atoms with Gasteiger partial charge >= 0.3 is 0 Å². The van der Waals surface area contributed by atoms with E-state index in [9.17, 15) is 0 Å². The Kier molecular flexibility index (Phi) is 3.10. The van der Waals surface area contributed by atoms with E-state index in [1.807, 2.05) is 0 Å². The van der Waals surface area contributed by atoms with Crippen LogP contribution in [0.1, 0.15) is 23.2 Å². The van der Waals surface area contributed by atoms with Crippen molar-refractivity contribution in [3.63, 3.8) is 0 Å². The monoisotopic (exact) mass is 267 g/mol. The molecular formula is C15H17N5. The Balaban J connectivity index is 2.12. The number of aromatic nitrogens is 2. The lowest BCUT2D eigenvalue weighted by Gasteiger charge is -2.31. The maximum absolute atomic E-state index is 7.66. The lowest BCUT2D eigenvalue weighted by molar-refractivity contribution is 0.756. The molecule has 1 aromatic carbocycles. The molecule has 1 aliphatic rings. The predicted molar refractivity (Wildman–Crippen MR) is 79.6 cm³/mol. The van der Waals surface area contributed by atoms with Gasteiger partial charge in [-0.15, -0.1) is 0 Å². The molecule has 20 heavy (non-hydrogen) atoms. The van der Waals surface area contributed by atoms with Crippen molar-refractivity contribution in [2.75, 3.05) is 11.4 Å². The van der Waals surface area contributed by atoms with E-state index in [0.29, 0.717) is 11.5 Å². The predicted octanol–water partition coefficient (Wildman–Crippen LogP) is 2.15. The highest BCUT2D eigenvalue weighted by atomic mass is 15.2. The van der Waals surface area contributed by atoms with Gasteiger partial charge in [-0.05, 0) is 31.4 Å². The molecule has 0 saturated carbocycles. The fraction of sp³-hybridized carbons (Fsp3) is 0.267. The summed E-state index contributed by atoms with van der Waals surface area (Å²) in [4.78, 5) is 10.7. The molecule has 0 amide bonds. The molecule has 0 saturated heterocycles. The van der Waals surface area contributed by atoms with Gasteiger partial charge in [-0.1, -0.05) is 17.7 Å². The Labute approximate surface area is 118 Å². The molecular weight excluding hydrogens is 250 g/mol. The molecule has 5 heteroatoms. The molecule has 0 aliphatic carbocycles. The van der Waals surface area contributed by atoms with Crippen molar-refractivity contribution in [3.8, 4) is 0 Å². The van der Waals surface area contributed by atoms with E-state index in [2.05, 4.69) is 40.0 Å². The summed E-state index contributed by atoms with van der Waals surface area (Å²) < 4.78 is 0. The van der Waals surface area contributed by atoms with Crippen LogP contribution in [0.25, 0.3) is 0 Å². The van der Waals surface area contributed by atoms with E-state index in [-0.39, 0.29) is 5.84 Å². The normalized spacial score (nSPS) is 13.9. The van der Waals surface area contributed by atoms with Crippen LogP contribution in [0.4, 0.5) is 11.5 Å². The van der Waals surface area contributed by atoms with Crippen molar-refractivity contribution in [1.29, 1.82) is 5.41 Å². The Morgan fingerprint density at radius 1 is 1.30 bits per heavy atom. The Hall–Kier alpha value is -2.43. The minimum atomic E-state index is -0.0488. The molecule has 1 aliphatic heterocycles. The molecule has 0 unspecified atom stereocenters. The molecule has 0 radical (unpaired) electrons. The maximum Gasteiger partial charge on any atom is 0.162 e. The van der Waals surface area contributed by atoms with Gasteiger partial charge in [0.1, 0.15) is 11.5 Å². The molecule has 2 heterocycles. The first-order chi connectivity index (χ1) is 9.66. The first-order valence-corrected chi connectivity index (χ1v) is 6.69. The van der Waals surface area contributed by atoms with Crippen molar-refractivity contribution in [2.24, 2.45) is 5.73 Å². The van der Waals surface area contributed by atoms with Crippen LogP contribution in [0.3, 0.4) is 0 Å². The highest BCUT2D eigenvalue weighted by molar-refractivity contribution is 5.98. The first kappa shape index (κ1) is 12.6. The zero-order valence-electron chi connectivity index (χ0n) is 11.4. The van der Waals surface area contributed by atoms with Crippen LogP contribution in [0.2, 0.25) is 0 Å². The van der Waals surface area contributed by atoms with Crippen LogP contribution in [-0.2, 0) is 6.42 Å². The van der Waals surface area contributed by atoms with Crippen LogP contribution in [-0.4, -0.2) is 22.3 Å². The molecule has 0 atom stereocenters. The van der Waals surface area contributed by atoms with Gasteiger partial charge in [0, 0.05) is 24.6 Å². The highest BCUT2D eigenvalue weighted by Crippen LogP contribution is 2.33. The number of fused-ring (bicyclic) bond motifs is 1. The van der Waals surface area contributed by atoms with Gasteiger partial charge in [0.2, 0.25) is 0 Å².